The van der Waals surface area contributed by atoms with Crippen LogP contribution in [0.2, 0.25) is 0 Å². The molecule has 2 aromatic carbocycles. The van der Waals surface area contributed by atoms with Gasteiger partial charge in [-0.05, 0) is 53.2 Å². The van der Waals surface area contributed by atoms with Crippen LogP contribution in [0.4, 0.5) is 20.2 Å². The number of nitrogens with zero attached hydrogens (tertiary/aromatic N) is 11. The second kappa shape index (κ2) is 14.6. The molecule has 0 saturated carbocycles. The van der Waals surface area contributed by atoms with Crippen molar-refractivity contribution < 1.29 is 33.0 Å². The molecule has 0 fully saturated rings. The van der Waals surface area contributed by atoms with Gasteiger partial charge in [-0.1, -0.05) is 0 Å². The number of anilines is 2. The number of carboxylic acids is 1. The van der Waals surface area contributed by atoms with Gasteiger partial charge in [-0.2, -0.15) is 5.21 Å². The number of carbonyl (C=O) groups is 3. The molecule has 0 aliphatic rings. The highest BCUT2D eigenvalue weighted by molar-refractivity contribution is 6.07. The van der Waals surface area contributed by atoms with Gasteiger partial charge in [0, 0.05) is 42.8 Å². The van der Waals surface area contributed by atoms with Crippen LogP contribution in [-0.2, 0) is 6.42 Å². The van der Waals surface area contributed by atoms with E-state index in [2.05, 4.69) is 61.6 Å². The number of nitrogens with one attached hydrogen (secondary N) is 3. The number of rotatable bonds is 12. The van der Waals surface area contributed by atoms with Gasteiger partial charge in [-0.3, -0.25) is 18.7 Å². The van der Waals surface area contributed by atoms with Crippen LogP contribution in [0, 0.1) is 11.6 Å². The van der Waals surface area contributed by atoms with Crippen LogP contribution < -0.4 is 15.4 Å². The summed E-state index contributed by atoms with van der Waals surface area (Å²) in [7, 11) is 0. The van der Waals surface area contributed by atoms with Crippen molar-refractivity contribution in [3.05, 3.63) is 120 Å². The highest BCUT2D eigenvalue weighted by Gasteiger charge is 2.21. The lowest BCUT2D eigenvalue weighted by Gasteiger charge is -2.14. The quantitative estimate of drug-likeness (QED) is 0.142. The van der Waals surface area contributed by atoms with Crippen molar-refractivity contribution in [2.24, 2.45) is 0 Å². The molecular formula is C32H22F2N14O5. The first kappa shape index (κ1) is 33.6. The average molecular weight is 721 g/mol. The fraction of sp³-hybridized carbons (Fsp3) is 0.0625. The van der Waals surface area contributed by atoms with E-state index in [9.17, 15) is 19.5 Å². The Kier molecular flexibility index (Phi) is 9.24. The zero-order chi connectivity index (χ0) is 36.9. The Morgan fingerprint density at radius 1 is 0.774 bits per heavy atom. The van der Waals surface area contributed by atoms with Crippen LogP contribution in [0.3, 0.4) is 0 Å². The number of H-pyrrole nitrogens is 1. The number of carboxylic acid groups (broad SMARTS) is 1. The molecule has 0 saturated heterocycles. The van der Waals surface area contributed by atoms with Gasteiger partial charge in [-0.25, -0.2) is 23.5 Å². The Morgan fingerprint density at radius 3 is 1.94 bits per heavy atom. The van der Waals surface area contributed by atoms with Gasteiger partial charge >= 0.3 is 5.97 Å². The van der Waals surface area contributed by atoms with Crippen molar-refractivity contribution in [1.82, 2.24) is 60.1 Å². The Labute approximate surface area is 294 Å². The summed E-state index contributed by atoms with van der Waals surface area (Å²) in [5.41, 5.74) is -0.827. The summed E-state index contributed by atoms with van der Waals surface area (Å²) in [4.78, 5) is 45.9. The number of aromatic nitrogens is 12. The molecule has 0 bridgehead atoms. The van der Waals surface area contributed by atoms with E-state index in [1.165, 1.54) is 43.1 Å². The summed E-state index contributed by atoms with van der Waals surface area (Å²) in [6.07, 6.45) is 9.22. The summed E-state index contributed by atoms with van der Waals surface area (Å²) in [5.74, 6) is -4.45. The van der Waals surface area contributed by atoms with Crippen molar-refractivity contribution >= 4 is 29.2 Å². The molecule has 0 atom stereocenters. The highest BCUT2D eigenvalue weighted by atomic mass is 19.1. The van der Waals surface area contributed by atoms with Crippen LogP contribution in [-0.4, -0.2) is 89.6 Å². The first-order valence-electron chi connectivity index (χ1n) is 15.3. The minimum Gasteiger partial charge on any atom is -0.490 e. The molecule has 21 heteroatoms. The largest absolute Gasteiger partial charge is 0.490 e. The molecule has 0 spiro atoms. The topological polar surface area (TPSA) is 246 Å². The van der Waals surface area contributed by atoms with Crippen molar-refractivity contribution in [1.29, 1.82) is 0 Å². The van der Waals surface area contributed by atoms with Crippen LogP contribution in [0.15, 0.2) is 86.0 Å². The molecule has 7 aromatic rings. The lowest BCUT2D eigenvalue weighted by Crippen LogP contribution is -2.18. The molecule has 0 aliphatic heterocycles. The molecule has 7 rings (SSSR count). The van der Waals surface area contributed by atoms with Gasteiger partial charge in [0.05, 0.1) is 23.5 Å². The van der Waals surface area contributed by atoms with E-state index in [1.54, 1.807) is 33.8 Å². The van der Waals surface area contributed by atoms with Gasteiger partial charge in [0.15, 0.2) is 34.6 Å². The van der Waals surface area contributed by atoms with E-state index < -0.39 is 40.7 Å². The van der Waals surface area contributed by atoms with Crippen molar-refractivity contribution in [2.45, 2.75) is 6.42 Å². The van der Waals surface area contributed by atoms with E-state index in [4.69, 9.17) is 4.74 Å². The first-order valence-corrected chi connectivity index (χ1v) is 15.3. The molecule has 5 aromatic heterocycles. The maximum absolute atomic E-state index is 15.4. The number of ether oxygens (including phenoxy) is 1. The zero-order valence-corrected chi connectivity index (χ0v) is 26.8. The van der Waals surface area contributed by atoms with Crippen LogP contribution in [0.1, 0.15) is 36.9 Å². The summed E-state index contributed by atoms with van der Waals surface area (Å²) in [5, 5.41) is 44.1. The minimum atomic E-state index is -1.52. The lowest BCUT2D eigenvalue weighted by molar-refractivity contribution is 0.0697. The molecule has 0 unspecified atom stereocenters. The molecular weight excluding hydrogens is 698 g/mol. The smallest absolute Gasteiger partial charge is 0.337 e. The van der Waals surface area contributed by atoms with Gasteiger partial charge in [-0.15, -0.1) is 30.6 Å². The third kappa shape index (κ3) is 7.38. The number of hydrogen-bond acceptors (Lipinski definition) is 13. The third-order valence-electron chi connectivity index (χ3n) is 7.50. The van der Waals surface area contributed by atoms with Crippen LogP contribution in [0.25, 0.3) is 23.0 Å². The summed E-state index contributed by atoms with van der Waals surface area (Å²) < 4.78 is 39.2. The van der Waals surface area contributed by atoms with Gasteiger partial charge in [0.1, 0.15) is 18.5 Å². The Balaban J connectivity index is 1.07. The monoisotopic (exact) mass is 720 g/mol. The van der Waals surface area contributed by atoms with Crippen molar-refractivity contribution in [3.8, 4) is 28.8 Å². The number of aromatic carboxylic acids is 1. The maximum atomic E-state index is 15.4. The predicted molar refractivity (Wildman–Crippen MR) is 176 cm³/mol. The number of hydrogen-bond donors (Lipinski definition) is 4. The zero-order valence-electron chi connectivity index (χ0n) is 26.8. The SMILES string of the molecule is O=C(Nc1cc(OCCc2cc(NC(=O)c3ccc(-n4ccnc4)nn3)c(-c3nn[nH]n3)cc2F)c(F)cc1C(=O)O)c1ccc(-n2ccnc2)nn1. The lowest BCUT2D eigenvalue weighted by atomic mass is 10.0. The molecule has 4 N–H and O–H groups in total. The second-order valence-corrected chi connectivity index (χ2v) is 10.9. The summed E-state index contributed by atoms with van der Waals surface area (Å²) in [6, 6.07) is 9.95. The Hall–Kier alpha value is -7.84. The van der Waals surface area contributed by atoms with E-state index in [0.717, 1.165) is 12.1 Å². The molecule has 19 nitrogen and oxygen atoms in total. The van der Waals surface area contributed by atoms with Gasteiger partial charge in [0.25, 0.3) is 11.8 Å². The van der Waals surface area contributed by atoms with Crippen LogP contribution in [0.5, 0.6) is 5.75 Å². The van der Waals surface area contributed by atoms with E-state index >= 15 is 8.78 Å². The van der Waals surface area contributed by atoms with E-state index in [1.807, 2.05) is 0 Å². The van der Waals surface area contributed by atoms with Gasteiger partial charge in [0.2, 0.25) is 5.82 Å². The molecule has 2 amide bonds. The number of imidazole rings is 2. The van der Waals surface area contributed by atoms with Crippen LogP contribution >= 0.6 is 0 Å². The normalized spacial score (nSPS) is 10.9. The molecule has 0 aliphatic carbocycles. The highest BCUT2D eigenvalue weighted by Crippen LogP contribution is 2.30. The fourth-order valence-electron chi connectivity index (χ4n) is 4.92. The third-order valence-corrected chi connectivity index (χ3v) is 7.50. The predicted octanol–water partition coefficient (Wildman–Crippen LogP) is 2.92. The average Bonchev–Trinajstić information content (AvgIpc) is 3.99. The van der Waals surface area contributed by atoms with Crippen molar-refractivity contribution in [2.75, 3.05) is 17.2 Å². The first-order chi connectivity index (χ1) is 25.7. The number of tetrazole rings is 1. The number of aromatic amines is 1. The molecule has 0 radical (unpaired) electrons. The minimum absolute atomic E-state index is 0.0150. The van der Waals surface area contributed by atoms with E-state index in [-0.39, 0.29) is 52.7 Å². The van der Waals surface area contributed by atoms with Crippen molar-refractivity contribution in [3.63, 3.8) is 0 Å². The number of halogens is 2. The molecule has 5 heterocycles. The number of carbonyl (C=O) groups excluding carboxylic acids is 2. The van der Waals surface area contributed by atoms with E-state index in [0.29, 0.717) is 17.7 Å². The Bertz CT molecular complexity index is 2410. The standard InChI is InChI=1S/C32H22F2N14O5/c33-20-12-18(29-43-45-46-44-29)24(37-30(49)22-1-3-27(41-39-22)47-8-6-35-15-47)11-17(20)5-10-53-26-14-25(19(32(51)52)13-21(26)34)38-31(50)23-2-4-28(42-40-23)48-9-7-36-16-48/h1-4,6-9,11-16H,5,10H2,(H,37,49)(H,38,50)(H,51,52)(H,43,44,45,46). The fourth-order valence-corrected chi connectivity index (χ4v) is 4.92. The second-order valence-electron chi connectivity index (χ2n) is 10.9. The number of benzene rings is 2. The molecule has 264 valence electrons. The number of amides is 2. The molecule has 53 heavy (non-hydrogen) atoms. The van der Waals surface area contributed by atoms with Gasteiger partial charge < -0.3 is 20.5 Å². The Morgan fingerprint density at radius 2 is 1.42 bits per heavy atom. The summed E-state index contributed by atoms with van der Waals surface area (Å²) >= 11 is 0. The summed E-state index contributed by atoms with van der Waals surface area (Å²) in [6.45, 7) is -0.315. The maximum Gasteiger partial charge on any atom is 0.337 e.